The van der Waals surface area contributed by atoms with Crippen LogP contribution >= 0.6 is 0 Å². The lowest BCUT2D eigenvalue weighted by Gasteiger charge is -2.09. The number of H-pyrrole nitrogens is 1. The highest BCUT2D eigenvalue weighted by molar-refractivity contribution is 5.47. The monoisotopic (exact) mass is 256 g/mol. The lowest BCUT2D eigenvalue weighted by Crippen LogP contribution is -2.05. The minimum Gasteiger partial charge on any atom is -0.432 e. The van der Waals surface area contributed by atoms with Crippen LogP contribution in [0, 0.1) is 5.82 Å². The van der Waals surface area contributed by atoms with Crippen molar-refractivity contribution >= 4 is 5.69 Å². The van der Waals surface area contributed by atoms with Gasteiger partial charge in [0.15, 0.2) is 11.6 Å². The molecule has 0 aliphatic heterocycles. The Balaban J connectivity index is 2.00. The van der Waals surface area contributed by atoms with E-state index in [4.69, 9.17) is 0 Å². The fourth-order valence-electron chi connectivity index (χ4n) is 1.48. The maximum absolute atomic E-state index is 13.4. The van der Waals surface area contributed by atoms with E-state index in [1.807, 2.05) is 12.1 Å². The molecule has 0 fully saturated rings. The lowest BCUT2D eigenvalue weighted by atomic mass is 10.3. The summed E-state index contributed by atoms with van der Waals surface area (Å²) >= 11 is 0. The highest BCUT2D eigenvalue weighted by Gasteiger charge is 2.10. The van der Waals surface area contributed by atoms with Gasteiger partial charge in [0.25, 0.3) is 0 Å². The van der Waals surface area contributed by atoms with Gasteiger partial charge in [-0.05, 0) is 24.3 Å². The second-order valence-electron chi connectivity index (χ2n) is 3.57. The van der Waals surface area contributed by atoms with Gasteiger partial charge < -0.3 is 15.0 Å². The number of aromatic nitrogens is 1. The van der Waals surface area contributed by atoms with Crippen LogP contribution in [-0.2, 0) is 6.54 Å². The molecule has 3 nitrogen and oxygen atoms in total. The molecular formula is C12H11F3N2O. The van der Waals surface area contributed by atoms with Crippen molar-refractivity contribution in [2.24, 2.45) is 0 Å². The van der Waals surface area contributed by atoms with E-state index in [0.717, 1.165) is 11.8 Å². The van der Waals surface area contributed by atoms with Crippen molar-refractivity contribution in [2.45, 2.75) is 13.2 Å². The molecule has 0 amide bonds. The maximum atomic E-state index is 13.4. The van der Waals surface area contributed by atoms with Gasteiger partial charge in [-0.25, -0.2) is 4.39 Å². The SMILES string of the molecule is Fc1cc(NCc2ccc[nH]2)ccc1OC(F)F. The number of anilines is 1. The van der Waals surface area contributed by atoms with E-state index in [1.165, 1.54) is 12.1 Å². The molecule has 18 heavy (non-hydrogen) atoms. The second-order valence-corrected chi connectivity index (χ2v) is 3.57. The number of ether oxygens (including phenoxy) is 1. The Morgan fingerprint density at radius 2 is 2.11 bits per heavy atom. The quantitative estimate of drug-likeness (QED) is 0.860. The van der Waals surface area contributed by atoms with Gasteiger partial charge in [-0.15, -0.1) is 0 Å². The standard InChI is InChI=1S/C12H11F3N2O/c13-10-6-8(3-4-11(10)18-12(14)15)17-7-9-2-1-5-16-9/h1-6,12,16-17H,7H2. The highest BCUT2D eigenvalue weighted by atomic mass is 19.3. The topological polar surface area (TPSA) is 37.0 Å². The molecule has 2 aromatic rings. The smallest absolute Gasteiger partial charge is 0.387 e. The first-order chi connectivity index (χ1) is 8.65. The first-order valence-electron chi connectivity index (χ1n) is 5.25. The second kappa shape index (κ2) is 5.48. The number of rotatable bonds is 5. The molecule has 0 saturated heterocycles. The number of alkyl halides is 2. The summed E-state index contributed by atoms with van der Waals surface area (Å²) in [5.74, 6) is -1.29. The van der Waals surface area contributed by atoms with Gasteiger partial charge in [0.2, 0.25) is 0 Å². The van der Waals surface area contributed by atoms with Crippen LogP contribution in [0.25, 0.3) is 0 Å². The zero-order valence-corrected chi connectivity index (χ0v) is 9.29. The third-order valence-electron chi connectivity index (χ3n) is 2.29. The predicted octanol–water partition coefficient (Wildman–Crippen LogP) is 3.37. The van der Waals surface area contributed by atoms with Crippen LogP contribution in [0.2, 0.25) is 0 Å². The van der Waals surface area contributed by atoms with E-state index in [2.05, 4.69) is 15.0 Å². The van der Waals surface area contributed by atoms with Crippen LogP contribution in [0.3, 0.4) is 0 Å². The molecule has 2 rings (SSSR count). The lowest BCUT2D eigenvalue weighted by molar-refractivity contribution is -0.0521. The van der Waals surface area contributed by atoms with E-state index in [0.29, 0.717) is 12.2 Å². The van der Waals surface area contributed by atoms with E-state index < -0.39 is 18.2 Å². The number of hydrogen-bond acceptors (Lipinski definition) is 2. The molecule has 0 aliphatic carbocycles. The van der Waals surface area contributed by atoms with Crippen molar-refractivity contribution in [3.8, 4) is 5.75 Å². The molecule has 0 saturated carbocycles. The number of nitrogens with one attached hydrogen (secondary N) is 2. The fraction of sp³-hybridized carbons (Fsp3) is 0.167. The minimum absolute atomic E-state index is 0.463. The van der Waals surface area contributed by atoms with Gasteiger partial charge >= 0.3 is 6.61 Å². The van der Waals surface area contributed by atoms with Crippen molar-refractivity contribution < 1.29 is 17.9 Å². The van der Waals surface area contributed by atoms with Crippen molar-refractivity contribution in [3.63, 3.8) is 0 Å². The number of hydrogen-bond donors (Lipinski definition) is 2. The van der Waals surface area contributed by atoms with Gasteiger partial charge in [0.05, 0.1) is 6.54 Å². The van der Waals surface area contributed by atoms with Gasteiger partial charge in [-0.2, -0.15) is 8.78 Å². The maximum Gasteiger partial charge on any atom is 0.387 e. The minimum atomic E-state index is -3.03. The van der Waals surface area contributed by atoms with Crippen molar-refractivity contribution in [3.05, 3.63) is 48.0 Å². The molecule has 0 spiro atoms. The van der Waals surface area contributed by atoms with Crippen molar-refractivity contribution in [1.82, 2.24) is 4.98 Å². The summed E-state index contributed by atoms with van der Waals surface area (Å²) in [6, 6.07) is 7.47. The molecule has 0 atom stereocenters. The zero-order valence-electron chi connectivity index (χ0n) is 9.29. The largest absolute Gasteiger partial charge is 0.432 e. The summed E-state index contributed by atoms with van der Waals surface area (Å²) in [6.45, 7) is -2.54. The van der Waals surface area contributed by atoms with Crippen LogP contribution in [0.15, 0.2) is 36.5 Å². The summed E-state index contributed by atoms with van der Waals surface area (Å²) in [4.78, 5) is 2.98. The Kier molecular flexibility index (Phi) is 3.76. The number of halogens is 3. The molecule has 1 aromatic heterocycles. The third-order valence-corrected chi connectivity index (χ3v) is 2.29. The summed E-state index contributed by atoms with van der Waals surface area (Å²) in [5.41, 5.74) is 1.42. The predicted molar refractivity (Wildman–Crippen MR) is 61.2 cm³/mol. The molecule has 6 heteroatoms. The molecule has 0 unspecified atom stereocenters. The van der Waals surface area contributed by atoms with Gasteiger partial charge in [-0.1, -0.05) is 0 Å². The fourth-order valence-corrected chi connectivity index (χ4v) is 1.48. The van der Waals surface area contributed by atoms with Crippen LogP contribution in [0.5, 0.6) is 5.75 Å². The van der Waals surface area contributed by atoms with Gasteiger partial charge in [0.1, 0.15) is 0 Å². The number of aromatic amines is 1. The van der Waals surface area contributed by atoms with Crippen molar-refractivity contribution in [2.75, 3.05) is 5.32 Å². The Morgan fingerprint density at radius 1 is 1.28 bits per heavy atom. The molecule has 0 bridgehead atoms. The Hall–Kier alpha value is -2.11. The highest BCUT2D eigenvalue weighted by Crippen LogP contribution is 2.23. The Labute approximate surface area is 102 Å². The average molecular weight is 256 g/mol. The normalized spacial score (nSPS) is 10.7. The summed E-state index contributed by atoms with van der Waals surface area (Å²) in [6.07, 6.45) is 1.77. The van der Waals surface area contributed by atoms with Gasteiger partial charge in [-0.3, -0.25) is 0 Å². The number of benzene rings is 1. The van der Waals surface area contributed by atoms with Crippen LogP contribution in [0.1, 0.15) is 5.69 Å². The van der Waals surface area contributed by atoms with E-state index in [-0.39, 0.29) is 0 Å². The van der Waals surface area contributed by atoms with Crippen molar-refractivity contribution in [1.29, 1.82) is 0 Å². The van der Waals surface area contributed by atoms with Gasteiger partial charge in [0, 0.05) is 23.6 Å². The Morgan fingerprint density at radius 3 is 2.72 bits per heavy atom. The molecule has 96 valence electrons. The van der Waals surface area contributed by atoms with E-state index in [1.54, 1.807) is 6.20 Å². The molecule has 1 aromatic carbocycles. The van der Waals surface area contributed by atoms with E-state index >= 15 is 0 Å². The molecule has 0 aliphatic rings. The summed E-state index contributed by atoms with van der Waals surface area (Å²) in [7, 11) is 0. The summed E-state index contributed by atoms with van der Waals surface area (Å²) < 4.78 is 41.2. The molecule has 1 heterocycles. The van der Waals surface area contributed by atoms with Crippen LogP contribution < -0.4 is 10.1 Å². The molecule has 2 N–H and O–H groups in total. The van der Waals surface area contributed by atoms with Crippen LogP contribution in [0.4, 0.5) is 18.9 Å². The van der Waals surface area contributed by atoms with Crippen LogP contribution in [-0.4, -0.2) is 11.6 Å². The average Bonchev–Trinajstić information content (AvgIpc) is 2.82. The van der Waals surface area contributed by atoms with E-state index in [9.17, 15) is 13.2 Å². The zero-order chi connectivity index (χ0) is 13.0. The molecule has 0 radical (unpaired) electrons. The third kappa shape index (κ3) is 3.19. The Bertz CT molecular complexity index is 500. The first-order valence-corrected chi connectivity index (χ1v) is 5.25. The molecular weight excluding hydrogens is 245 g/mol. The summed E-state index contributed by atoms with van der Waals surface area (Å²) in [5, 5.41) is 2.95. The first kappa shape index (κ1) is 12.3.